The second kappa shape index (κ2) is 6.05. The van der Waals surface area contributed by atoms with Gasteiger partial charge in [0.15, 0.2) is 0 Å². The van der Waals surface area contributed by atoms with Gasteiger partial charge in [-0.15, -0.1) is 0 Å². The van der Waals surface area contributed by atoms with Crippen LogP contribution in [0.25, 0.3) is 0 Å². The van der Waals surface area contributed by atoms with Gasteiger partial charge in [-0.2, -0.15) is 0 Å². The maximum atomic E-state index is 12.2. The first-order valence-electron chi connectivity index (χ1n) is 6.87. The summed E-state index contributed by atoms with van der Waals surface area (Å²) < 4.78 is 0. The number of carboxylic acids is 1. The highest BCUT2D eigenvalue weighted by atomic mass is 16.4. The van der Waals surface area contributed by atoms with Crippen molar-refractivity contribution in [2.45, 2.75) is 38.1 Å². The Bertz CT molecular complexity index is 490. The summed E-state index contributed by atoms with van der Waals surface area (Å²) in [4.78, 5) is 22.7. The van der Waals surface area contributed by atoms with E-state index in [-0.39, 0.29) is 12.3 Å². The minimum Gasteiger partial charge on any atom is -0.481 e. The van der Waals surface area contributed by atoms with Crippen molar-refractivity contribution in [2.24, 2.45) is 0 Å². The number of hydrogen-bond acceptors (Lipinski definition) is 3. The SMILES string of the molecule is CC1(C(=O)Nc2ccc(CCC(=O)O)cc2)CCCN1. The number of nitrogens with one attached hydrogen (secondary N) is 2. The van der Waals surface area contributed by atoms with Crippen molar-refractivity contribution in [3.05, 3.63) is 29.8 Å². The molecule has 1 aliphatic heterocycles. The standard InChI is InChI=1S/C15H20N2O3/c1-15(9-2-10-16-15)14(20)17-12-6-3-11(4-7-12)5-8-13(18)19/h3-4,6-7,16H,2,5,8-10H2,1H3,(H,17,20)(H,18,19). The summed E-state index contributed by atoms with van der Waals surface area (Å²) >= 11 is 0. The van der Waals surface area contributed by atoms with Gasteiger partial charge >= 0.3 is 5.97 Å². The molecule has 5 nitrogen and oxygen atoms in total. The molecule has 1 aromatic rings. The first-order valence-corrected chi connectivity index (χ1v) is 6.87. The quantitative estimate of drug-likeness (QED) is 0.766. The Morgan fingerprint density at radius 2 is 2.05 bits per heavy atom. The molecular formula is C15H20N2O3. The van der Waals surface area contributed by atoms with E-state index in [0.717, 1.165) is 30.6 Å². The van der Waals surface area contributed by atoms with E-state index in [2.05, 4.69) is 10.6 Å². The monoisotopic (exact) mass is 276 g/mol. The molecule has 1 atom stereocenters. The summed E-state index contributed by atoms with van der Waals surface area (Å²) in [7, 11) is 0. The molecule has 0 bridgehead atoms. The maximum Gasteiger partial charge on any atom is 0.303 e. The van der Waals surface area contributed by atoms with Crippen LogP contribution in [0.2, 0.25) is 0 Å². The second-order valence-corrected chi connectivity index (χ2v) is 5.41. The van der Waals surface area contributed by atoms with Gasteiger partial charge in [0.2, 0.25) is 5.91 Å². The normalized spacial score (nSPS) is 21.6. The summed E-state index contributed by atoms with van der Waals surface area (Å²) in [6.45, 7) is 2.79. The highest BCUT2D eigenvalue weighted by Crippen LogP contribution is 2.21. The molecule has 1 unspecified atom stereocenters. The van der Waals surface area contributed by atoms with Gasteiger partial charge in [0.25, 0.3) is 0 Å². The molecule has 1 fully saturated rings. The molecule has 0 aromatic heterocycles. The lowest BCUT2D eigenvalue weighted by Crippen LogP contribution is -2.47. The fraction of sp³-hybridized carbons (Fsp3) is 0.467. The molecule has 1 aliphatic rings. The number of aryl methyl sites for hydroxylation is 1. The molecule has 20 heavy (non-hydrogen) atoms. The molecule has 5 heteroatoms. The molecular weight excluding hydrogens is 256 g/mol. The fourth-order valence-electron chi connectivity index (χ4n) is 2.36. The van der Waals surface area contributed by atoms with Gasteiger partial charge in [-0.05, 0) is 50.4 Å². The number of carbonyl (C=O) groups excluding carboxylic acids is 1. The third kappa shape index (κ3) is 3.57. The largest absolute Gasteiger partial charge is 0.481 e. The smallest absolute Gasteiger partial charge is 0.303 e. The molecule has 1 heterocycles. The zero-order valence-electron chi connectivity index (χ0n) is 11.6. The van der Waals surface area contributed by atoms with Crippen LogP contribution in [0.15, 0.2) is 24.3 Å². The van der Waals surface area contributed by atoms with E-state index in [9.17, 15) is 9.59 Å². The molecule has 0 radical (unpaired) electrons. The number of benzene rings is 1. The minimum absolute atomic E-state index is 0.0201. The lowest BCUT2D eigenvalue weighted by molar-refractivity contribution is -0.137. The lowest BCUT2D eigenvalue weighted by Gasteiger charge is -2.23. The first-order chi connectivity index (χ1) is 9.49. The molecule has 2 rings (SSSR count). The summed E-state index contributed by atoms with van der Waals surface area (Å²) in [5.74, 6) is -0.823. The van der Waals surface area contributed by atoms with Crippen molar-refractivity contribution in [1.29, 1.82) is 0 Å². The van der Waals surface area contributed by atoms with Crippen molar-refractivity contribution < 1.29 is 14.7 Å². The molecule has 0 spiro atoms. The van der Waals surface area contributed by atoms with Crippen LogP contribution in [0.3, 0.4) is 0 Å². The third-order valence-corrected chi connectivity index (χ3v) is 3.71. The van der Waals surface area contributed by atoms with Crippen LogP contribution in [0.4, 0.5) is 5.69 Å². The zero-order chi connectivity index (χ0) is 14.6. The highest BCUT2D eigenvalue weighted by Gasteiger charge is 2.35. The first kappa shape index (κ1) is 14.5. The lowest BCUT2D eigenvalue weighted by atomic mass is 9.99. The van der Waals surface area contributed by atoms with Crippen molar-refractivity contribution >= 4 is 17.6 Å². The van der Waals surface area contributed by atoms with E-state index in [0.29, 0.717) is 6.42 Å². The van der Waals surface area contributed by atoms with E-state index in [1.165, 1.54) is 0 Å². The van der Waals surface area contributed by atoms with Crippen LogP contribution in [-0.2, 0) is 16.0 Å². The molecule has 3 N–H and O–H groups in total. The van der Waals surface area contributed by atoms with Gasteiger partial charge in [-0.1, -0.05) is 12.1 Å². The summed E-state index contributed by atoms with van der Waals surface area (Å²) in [6, 6.07) is 7.33. The number of carbonyl (C=O) groups is 2. The van der Waals surface area contributed by atoms with Crippen molar-refractivity contribution in [3.63, 3.8) is 0 Å². The molecule has 0 aliphatic carbocycles. The molecule has 108 valence electrons. The number of amides is 1. The number of aliphatic carboxylic acids is 1. The summed E-state index contributed by atoms with van der Waals surface area (Å²) in [6.07, 6.45) is 2.48. The molecule has 1 aromatic carbocycles. The van der Waals surface area contributed by atoms with Crippen LogP contribution in [0.5, 0.6) is 0 Å². The topological polar surface area (TPSA) is 78.4 Å². The van der Waals surface area contributed by atoms with Crippen molar-refractivity contribution in [3.8, 4) is 0 Å². The van der Waals surface area contributed by atoms with Gasteiger partial charge in [0.1, 0.15) is 0 Å². The van der Waals surface area contributed by atoms with Crippen molar-refractivity contribution in [1.82, 2.24) is 5.32 Å². The van der Waals surface area contributed by atoms with Gasteiger partial charge in [-0.3, -0.25) is 9.59 Å². The van der Waals surface area contributed by atoms with E-state index in [4.69, 9.17) is 5.11 Å². The Hall–Kier alpha value is -1.88. The third-order valence-electron chi connectivity index (χ3n) is 3.71. The zero-order valence-corrected chi connectivity index (χ0v) is 11.6. The predicted octanol–water partition coefficient (Wildman–Crippen LogP) is 1.78. The fourth-order valence-corrected chi connectivity index (χ4v) is 2.36. The van der Waals surface area contributed by atoms with E-state index < -0.39 is 11.5 Å². The average Bonchev–Trinajstić information content (AvgIpc) is 2.86. The Balaban J connectivity index is 1.93. The Morgan fingerprint density at radius 1 is 1.35 bits per heavy atom. The van der Waals surface area contributed by atoms with Crippen LogP contribution in [0.1, 0.15) is 31.7 Å². The number of hydrogen-bond donors (Lipinski definition) is 3. The predicted molar refractivity (Wildman–Crippen MR) is 76.7 cm³/mol. The Kier molecular flexibility index (Phi) is 4.39. The molecule has 1 amide bonds. The number of anilines is 1. The van der Waals surface area contributed by atoms with Crippen LogP contribution < -0.4 is 10.6 Å². The van der Waals surface area contributed by atoms with Crippen LogP contribution in [-0.4, -0.2) is 29.1 Å². The van der Waals surface area contributed by atoms with E-state index in [1.807, 2.05) is 31.2 Å². The van der Waals surface area contributed by atoms with Gasteiger partial charge < -0.3 is 15.7 Å². The minimum atomic E-state index is -0.803. The maximum absolute atomic E-state index is 12.2. The summed E-state index contributed by atoms with van der Waals surface area (Å²) in [5, 5.41) is 14.8. The summed E-state index contributed by atoms with van der Waals surface area (Å²) in [5.41, 5.74) is 1.21. The van der Waals surface area contributed by atoms with Gasteiger partial charge in [0, 0.05) is 12.1 Å². The Labute approximate surface area is 118 Å². The molecule has 1 saturated heterocycles. The Morgan fingerprint density at radius 3 is 2.60 bits per heavy atom. The van der Waals surface area contributed by atoms with Crippen LogP contribution >= 0.6 is 0 Å². The average molecular weight is 276 g/mol. The second-order valence-electron chi connectivity index (χ2n) is 5.41. The highest BCUT2D eigenvalue weighted by molar-refractivity contribution is 5.98. The van der Waals surface area contributed by atoms with Crippen LogP contribution in [0, 0.1) is 0 Å². The van der Waals surface area contributed by atoms with Gasteiger partial charge in [0.05, 0.1) is 5.54 Å². The van der Waals surface area contributed by atoms with E-state index >= 15 is 0 Å². The number of rotatable bonds is 5. The van der Waals surface area contributed by atoms with Crippen molar-refractivity contribution in [2.75, 3.05) is 11.9 Å². The van der Waals surface area contributed by atoms with Gasteiger partial charge in [-0.25, -0.2) is 0 Å². The molecule has 0 saturated carbocycles. The number of carboxylic acid groups (broad SMARTS) is 1. The van der Waals surface area contributed by atoms with E-state index in [1.54, 1.807) is 0 Å².